The Bertz CT molecular complexity index is 1230. The van der Waals surface area contributed by atoms with Crippen LogP contribution in [0.15, 0.2) is 54.9 Å². The summed E-state index contributed by atoms with van der Waals surface area (Å²) in [4.78, 5) is 27.7. The fraction of sp³-hybridized carbons (Fsp3) is 0.190. The van der Waals surface area contributed by atoms with Crippen molar-refractivity contribution in [1.29, 1.82) is 0 Å². The van der Waals surface area contributed by atoms with Crippen LogP contribution in [-0.4, -0.2) is 25.6 Å². The summed E-state index contributed by atoms with van der Waals surface area (Å²) < 4.78 is 2.46. The number of fused-ring (bicyclic) bond motifs is 1. The van der Waals surface area contributed by atoms with Crippen LogP contribution in [0.1, 0.15) is 24.9 Å². The SMILES string of the molecule is CCC(C(=O)Nc1ccc(-c2nc3ccc(C)cc3s2)cc1)n1cc([N+](=O)[O-])cn1. The molecule has 0 bridgehead atoms. The predicted octanol–water partition coefficient (Wildman–Crippen LogP) is 4.97. The van der Waals surface area contributed by atoms with Crippen molar-refractivity contribution >= 4 is 38.8 Å². The quantitative estimate of drug-likeness (QED) is 0.350. The van der Waals surface area contributed by atoms with Gasteiger partial charge in [-0.3, -0.25) is 19.6 Å². The van der Waals surface area contributed by atoms with Gasteiger partial charge in [0, 0.05) is 11.3 Å². The molecule has 152 valence electrons. The van der Waals surface area contributed by atoms with E-state index in [2.05, 4.69) is 28.4 Å². The van der Waals surface area contributed by atoms with Gasteiger partial charge in [-0.25, -0.2) is 4.98 Å². The summed E-state index contributed by atoms with van der Waals surface area (Å²) in [6.07, 6.45) is 2.86. The van der Waals surface area contributed by atoms with Crippen LogP contribution in [-0.2, 0) is 4.79 Å². The molecule has 8 nitrogen and oxygen atoms in total. The van der Waals surface area contributed by atoms with Crippen molar-refractivity contribution in [2.75, 3.05) is 5.32 Å². The van der Waals surface area contributed by atoms with E-state index in [9.17, 15) is 14.9 Å². The van der Waals surface area contributed by atoms with Crippen molar-refractivity contribution in [2.45, 2.75) is 26.3 Å². The molecule has 1 N–H and O–H groups in total. The van der Waals surface area contributed by atoms with E-state index < -0.39 is 11.0 Å². The van der Waals surface area contributed by atoms with Gasteiger partial charge >= 0.3 is 5.69 Å². The largest absolute Gasteiger partial charge is 0.324 e. The van der Waals surface area contributed by atoms with Crippen LogP contribution in [0.25, 0.3) is 20.8 Å². The van der Waals surface area contributed by atoms with Gasteiger partial charge in [0.15, 0.2) is 0 Å². The topological polar surface area (TPSA) is 103 Å². The van der Waals surface area contributed by atoms with E-state index in [1.807, 2.05) is 43.3 Å². The number of benzene rings is 2. The second-order valence-corrected chi connectivity index (χ2v) is 7.95. The lowest BCUT2D eigenvalue weighted by Crippen LogP contribution is -2.25. The maximum Gasteiger partial charge on any atom is 0.307 e. The zero-order valence-corrected chi connectivity index (χ0v) is 17.2. The fourth-order valence-electron chi connectivity index (χ4n) is 3.16. The Hall–Kier alpha value is -3.59. The summed E-state index contributed by atoms with van der Waals surface area (Å²) in [7, 11) is 0. The Labute approximate surface area is 176 Å². The number of hydrogen-bond donors (Lipinski definition) is 1. The highest BCUT2D eigenvalue weighted by Gasteiger charge is 2.22. The summed E-state index contributed by atoms with van der Waals surface area (Å²) in [5, 5.41) is 18.6. The molecular formula is C21H19N5O3S. The van der Waals surface area contributed by atoms with E-state index in [1.54, 1.807) is 11.3 Å². The molecule has 2 heterocycles. The smallest absolute Gasteiger partial charge is 0.307 e. The zero-order chi connectivity index (χ0) is 21.3. The maximum atomic E-state index is 12.7. The van der Waals surface area contributed by atoms with Gasteiger partial charge in [0.25, 0.3) is 0 Å². The molecule has 4 rings (SSSR count). The Morgan fingerprint density at radius 3 is 2.70 bits per heavy atom. The molecule has 9 heteroatoms. The Morgan fingerprint density at radius 2 is 2.03 bits per heavy atom. The Kier molecular flexibility index (Phi) is 5.28. The predicted molar refractivity (Wildman–Crippen MR) is 117 cm³/mol. The number of thiazole rings is 1. The van der Waals surface area contributed by atoms with Crippen LogP contribution in [0.5, 0.6) is 0 Å². The van der Waals surface area contributed by atoms with Gasteiger partial charge in [-0.15, -0.1) is 11.3 Å². The monoisotopic (exact) mass is 421 g/mol. The van der Waals surface area contributed by atoms with E-state index in [-0.39, 0.29) is 11.6 Å². The third-order valence-electron chi connectivity index (χ3n) is 4.75. The molecule has 1 unspecified atom stereocenters. The number of nitrogens with zero attached hydrogens (tertiary/aromatic N) is 4. The third-order valence-corrected chi connectivity index (χ3v) is 5.82. The summed E-state index contributed by atoms with van der Waals surface area (Å²) in [6.45, 7) is 3.89. The molecule has 4 aromatic rings. The molecule has 0 aliphatic heterocycles. The van der Waals surface area contributed by atoms with Crippen LogP contribution in [0.4, 0.5) is 11.4 Å². The number of aryl methyl sites for hydroxylation is 1. The number of nitro groups is 1. The molecule has 0 radical (unpaired) electrons. The Morgan fingerprint density at radius 1 is 1.27 bits per heavy atom. The van der Waals surface area contributed by atoms with Crippen LogP contribution in [0, 0.1) is 17.0 Å². The number of rotatable bonds is 6. The third kappa shape index (κ3) is 3.92. The van der Waals surface area contributed by atoms with Crippen LogP contribution >= 0.6 is 11.3 Å². The summed E-state index contributed by atoms with van der Waals surface area (Å²) in [5.41, 5.74) is 3.64. The first-order chi connectivity index (χ1) is 14.4. The van der Waals surface area contributed by atoms with Gasteiger partial charge in [0.1, 0.15) is 23.4 Å². The van der Waals surface area contributed by atoms with Crippen molar-refractivity contribution in [3.8, 4) is 10.6 Å². The van der Waals surface area contributed by atoms with Crippen molar-refractivity contribution in [3.05, 3.63) is 70.5 Å². The first kappa shape index (κ1) is 19.7. The van der Waals surface area contributed by atoms with Crippen molar-refractivity contribution in [1.82, 2.24) is 14.8 Å². The number of aromatic nitrogens is 3. The molecule has 1 atom stereocenters. The lowest BCUT2D eigenvalue weighted by molar-refractivity contribution is -0.385. The first-order valence-corrected chi connectivity index (χ1v) is 10.2. The normalized spacial score (nSPS) is 12.1. The number of nitrogens with one attached hydrogen (secondary N) is 1. The zero-order valence-electron chi connectivity index (χ0n) is 16.4. The second-order valence-electron chi connectivity index (χ2n) is 6.92. The van der Waals surface area contributed by atoms with Gasteiger partial charge in [0.05, 0.1) is 15.1 Å². The maximum absolute atomic E-state index is 12.7. The first-order valence-electron chi connectivity index (χ1n) is 9.41. The number of carbonyl (C=O) groups excluding carboxylic acids is 1. The molecule has 0 saturated heterocycles. The minimum Gasteiger partial charge on any atom is -0.324 e. The fourth-order valence-corrected chi connectivity index (χ4v) is 4.23. The lowest BCUT2D eigenvalue weighted by atomic mass is 10.2. The number of hydrogen-bond acceptors (Lipinski definition) is 6. The highest BCUT2D eigenvalue weighted by molar-refractivity contribution is 7.21. The average molecular weight is 421 g/mol. The van der Waals surface area contributed by atoms with Gasteiger partial charge in [-0.05, 0) is 55.3 Å². The molecule has 0 spiro atoms. The van der Waals surface area contributed by atoms with E-state index in [4.69, 9.17) is 0 Å². The lowest BCUT2D eigenvalue weighted by Gasteiger charge is -2.15. The molecule has 2 aromatic carbocycles. The second kappa shape index (κ2) is 8.03. The molecule has 1 amide bonds. The van der Waals surface area contributed by atoms with E-state index in [0.717, 1.165) is 27.0 Å². The number of amides is 1. The molecule has 0 fully saturated rings. The van der Waals surface area contributed by atoms with E-state index in [0.29, 0.717) is 12.1 Å². The summed E-state index contributed by atoms with van der Waals surface area (Å²) in [6, 6.07) is 13.0. The Balaban J connectivity index is 1.50. The summed E-state index contributed by atoms with van der Waals surface area (Å²) >= 11 is 1.63. The van der Waals surface area contributed by atoms with Gasteiger partial charge in [-0.1, -0.05) is 13.0 Å². The summed E-state index contributed by atoms with van der Waals surface area (Å²) in [5.74, 6) is -0.279. The van der Waals surface area contributed by atoms with Gasteiger partial charge in [0.2, 0.25) is 5.91 Å². The minimum absolute atomic E-state index is 0.142. The molecule has 0 aliphatic carbocycles. The molecule has 0 aliphatic rings. The molecule has 2 aromatic heterocycles. The molecule has 30 heavy (non-hydrogen) atoms. The van der Waals surface area contributed by atoms with Crippen LogP contribution < -0.4 is 5.32 Å². The minimum atomic E-state index is -0.633. The van der Waals surface area contributed by atoms with Gasteiger partial charge < -0.3 is 5.32 Å². The average Bonchev–Trinajstić information content (AvgIpc) is 3.36. The van der Waals surface area contributed by atoms with Crippen molar-refractivity contribution in [3.63, 3.8) is 0 Å². The van der Waals surface area contributed by atoms with Crippen LogP contribution in [0.2, 0.25) is 0 Å². The van der Waals surface area contributed by atoms with E-state index >= 15 is 0 Å². The highest BCUT2D eigenvalue weighted by Crippen LogP contribution is 2.31. The standard InChI is InChI=1S/C21H19N5O3S/c1-3-18(25-12-16(11-22-25)26(28)29)20(27)23-15-7-5-14(6-8-15)21-24-17-9-4-13(2)10-19(17)30-21/h4-12,18H,3H2,1-2H3,(H,23,27). The van der Waals surface area contributed by atoms with Gasteiger partial charge in [-0.2, -0.15) is 5.10 Å². The van der Waals surface area contributed by atoms with Crippen molar-refractivity contribution < 1.29 is 9.72 Å². The molecular weight excluding hydrogens is 402 g/mol. The number of carbonyl (C=O) groups is 1. The van der Waals surface area contributed by atoms with Crippen molar-refractivity contribution in [2.24, 2.45) is 0 Å². The van der Waals surface area contributed by atoms with E-state index in [1.165, 1.54) is 16.4 Å². The molecule has 0 saturated carbocycles. The number of anilines is 1. The van der Waals surface area contributed by atoms with Crippen LogP contribution in [0.3, 0.4) is 0 Å². The highest BCUT2D eigenvalue weighted by atomic mass is 32.1.